The van der Waals surface area contributed by atoms with Crippen LogP contribution in [0.1, 0.15) is 23.6 Å². The Morgan fingerprint density at radius 1 is 1.37 bits per heavy atom. The molecule has 2 atom stereocenters. The van der Waals surface area contributed by atoms with Gasteiger partial charge in [-0.1, -0.05) is 0 Å². The Kier molecular flexibility index (Phi) is 3.46. The average molecular weight is 263 g/mol. The van der Waals surface area contributed by atoms with E-state index in [2.05, 4.69) is 9.73 Å². The molecule has 2 unspecified atom stereocenters. The van der Waals surface area contributed by atoms with Crippen molar-refractivity contribution < 1.29 is 19.4 Å². The molecule has 0 aromatic heterocycles. The molecule has 0 amide bonds. The summed E-state index contributed by atoms with van der Waals surface area (Å²) in [4.78, 5) is 15.8. The molecule has 102 valence electrons. The van der Waals surface area contributed by atoms with E-state index in [4.69, 9.17) is 4.74 Å². The first-order chi connectivity index (χ1) is 8.93. The highest BCUT2D eigenvalue weighted by molar-refractivity contribution is 5.98. The quantitative estimate of drug-likeness (QED) is 0.825. The molecule has 0 bridgehead atoms. The lowest BCUT2D eigenvalue weighted by atomic mass is 10.1. The fourth-order valence-corrected chi connectivity index (χ4v) is 2.09. The Balaban J connectivity index is 2.36. The summed E-state index contributed by atoms with van der Waals surface area (Å²) >= 11 is 0. The van der Waals surface area contributed by atoms with Gasteiger partial charge in [0, 0.05) is 5.56 Å². The van der Waals surface area contributed by atoms with Crippen molar-refractivity contribution in [3.63, 3.8) is 0 Å². The second kappa shape index (κ2) is 4.91. The van der Waals surface area contributed by atoms with Crippen molar-refractivity contribution in [2.24, 2.45) is 4.99 Å². The van der Waals surface area contributed by atoms with Crippen molar-refractivity contribution in [2.45, 2.75) is 32.9 Å². The molecule has 1 aliphatic rings. The largest absolute Gasteiger partial charge is 0.507 e. The van der Waals surface area contributed by atoms with Crippen LogP contribution in [0.5, 0.6) is 5.75 Å². The Labute approximate surface area is 111 Å². The number of methoxy groups -OCH3 is 1. The second-order valence-corrected chi connectivity index (χ2v) is 4.68. The van der Waals surface area contributed by atoms with E-state index in [9.17, 15) is 9.90 Å². The number of aryl methyl sites for hydroxylation is 2. The van der Waals surface area contributed by atoms with Gasteiger partial charge in [-0.2, -0.15) is 0 Å². The second-order valence-electron chi connectivity index (χ2n) is 4.68. The summed E-state index contributed by atoms with van der Waals surface area (Å²) in [6.07, 6.45) is -0.350. The lowest BCUT2D eigenvalue weighted by molar-refractivity contribution is -0.143. The molecule has 1 aliphatic heterocycles. The molecule has 1 aromatic carbocycles. The van der Waals surface area contributed by atoms with Crippen LogP contribution in [-0.4, -0.2) is 36.2 Å². The smallest absolute Gasteiger partial charge is 0.334 e. The zero-order valence-corrected chi connectivity index (χ0v) is 11.4. The summed E-state index contributed by atoms with van der Waals surface area (Å²) in [5.74, 6) is 0.267. The van der Waals surface area contributed by atoms with Gasteiger partial charge < -0.3 is 14.6 Å². The Morgan fingerprint density at radius 3 is 2.47 bits per heavy atom. The fraction of sp³-hybridized carbons (Fsp3) is 0.429. The Bertz CT molecular complexity index is 527. The van der Waals surface area contributed by atoms with E-state index >= 15 is 0 Å². The predicted octanol–water partition coefficient (Wildman–Crippen LogP) is 1.72. The maximum absolute atomic E-state index is 11.5. The number of ether oxygens (including phenoxy) is 2. The number of phenolic OH excluding ortho intramolecular Hbond substituents is 1. The van der Waals surface area contributed by atoms with Crippen LogP contribution < -0.4 is 0 Å². The number of rotatable bonds is 2. The SMILES string of the molecule is COC(=O)C1N=C(c2cc(C)c(O)c(C)c2)OC1C. The highest BCUT2D eigenvalue weighted by Crippen LogP contribution is 2.26. The lowest BCUT2D eigenvalue weighted by Gasteiger charge is -2.11. The summed E-state index contributed by atoms with van der Waals surface area (Å²) in [7, 11) is 1.33. The molecule has 0 saturated heterocycles. The van der Waals surface area contributed by atoms with Crippen molar-refractivity contribution >= 4 is 11.9 Å². The number of carbonyl (C=O) groups is 1. The summed E-state index contributed by atoms with van der Waals surface area (Å²) in [6.45, 7) is 5.39. The van der Waals surface area contributed by atoms with Crippen molar-refractivity contribution in [3.8, 4) is 5.75 Å². The predicted molar refractivity (Wildman–Crippen MR) is 70.5 cm³/mol. The minimum atomic E-state index is -0.630. The Morgan fingerprint density at radius 2 is 1.95 bits per heavy atom. The first kappa shape index (κ1) is 13.4. The molecule has 19 heavy (non-hydrogen) atoms. The van der Waals surface area contributed by atoms with E-state index in [1.807, 2.05) is 13.8 Å². The number of carbonyl (C=O) groups excluding carboxylic acids is 1. The van der Waals surface area contributed by atoms with Crippen molar-refractivity contribution in [1.82, 2.24) is 0 Å². The summed E-state index contributed by atoms with van der Waals surface area (Å²) in [5, 5.41) is 9.75. The third-order valence-corrected chi connectivity index (χ3v) is 3.18. The normalized spacial score (nSPS) is 21.8. The van der Waals surface area contributed by atoms with Gasteiger partial charge in [0.25, 0.3) is 0 Å². The van der Waals surface area contributed by atoms with Crippen LogP contribution in [0.25, 0.3) is 0 Å². The molecule has 0 spiro atoms. The van der Waals surface area contributed by atoms with Gasteiger partial charge in [0.1, 0.15) is 11.9 Å². The van der Waals surface area contributed by atoms with Gasteiger partial charge >= 0.3 is 5.97 Å². The van der Waals surface area contributed by atoms with Gasteiger partial charge in [0.2, 0.25) is 5.90 Å². The van der Waals surface area contributed by atoms with E-state index < -0.39 is 12.0 Å². The van der Waals surface area contributed by atoms with E-state index in [1.165, 1.54) is 7.11 Å². The first-order valence-electron chi connectivity index (χ1n) is 6.07. The van der Waals surface area contributed by atoms with Crippen LogP contribution in [-0.2, 0) is 14.3 Å². The van der Waals surface area contributed by atoms with Gasteiger partial charge in [-0.15, -0.1) is 0 Å². The Hall–Kier alpha value is -2.04. The molecule has 0 saturated carbocycles. The average Bonchev–Trinajstić information content (AvgIpc) is 2.76. The number of nitrogens with zero attached hydrogens (tertiary/aromatic N) is 1. The van der Waals surface area contributed by atoms with Crippen LogP contribution in [0.4, 0.5) is 0 Å². The highest BCUT2D eigenvalue weighted by atomic mass is 16.5. The van der Waals surface area contributed by atoms with Crippen molar-refractivity contribution in [2.75, 3.05) is 7.11 Å². The lowest BCUT2D eigenvalue weighted by Crippen LogP contribution is -2.28. The molecule has 2 rings (SSSR count). The van der Waals surface area contributed by atoms with Crippen molar-refractivity contribution in [1.29, 1.82) is 0 Å². The molecule has 0 radical (unpaired) electrons. The van der Waals surface area contributed by atoms with Crippen LogP contribution >= 0.6 is 0 Å². The number of aliphatic imine (C=N–C) groups is 1. The van der Waals surface area contributed by atoms with Gasteiger partial charge in [-0.3, -0.25) is 0 Å². The van der Waals surface area contributed by atoms with Gasteiger partial charge in [0.05, 0.1) is 7.11 Å². The molecular formula is C14H17NO4. The molecule has 0 aliphatic carbocycles. The number of hydrogen-bond donors (Lipinski definition) is 1. The van der Waals surface area contributed by atoms with Gasteiger partial charge in [0.15, 0.2) is 6.04 Å². The van der Waals surface area contributed by atoms with Crippen molar-refractivity contribution in [3.05, 3.63) is 28.8 Å². The van der Waals surface area contributed by atoms with Crippen LogP contribution in [0, 0.1) is 13.8 Å². The number of benzene rings is 1. The molecule has 1 N–H and O–H groups in total. The fourth-order valence-electron chi connectivity index (χ4n) is 2.09. The number of phenols is 1. The molecular weight excluding hydrogens is 246 g/mol. The first-order valence-corrected chi connectivity index (χ1v) is 6.07. The van der Waals surface area contributed by atoms with E-state index in [0.29, 0.717) is 5.90 Å². The zero-order chi connectivity index (χ0) is 14.2. The highest BCUT2D eigenvalue weighted by Gasteiger charge is 2.34. The number of aromatic hydroxyl groups is 1. The maximum atomic E-state index is 11.5. The maximum Gasteiger partial charge on any atom is 0.334 e. The monoisotopic (exact) mass is 263 g/mol. The van der Waals surface area contributed by atoms with E-state index in [1.54, 1.807) is 19.1 Å². The third kappa shape index (κ3) is 2.41. The van der Waals surface area contributed by atoms with Gasteiger partial charge in [-0.05, 0) is 44.0 Å². The number of esters is 1. The van der Waals surface area contributed by atoms with Crippen LogP contribution in [0.15, 0.2) is 17.1 Å². The zero-order valence-electron chi connectivity index (χ0n) is 11.4. The minimum Gasteiger partial charge on any atom is -0.507 e. The molecule has 5 heteroatoms. The van der Waals surface area contributed by atoms with Crippen LogP contribution in [0.3, 0.4) is 0 Å². The standard InChI is InChI=1S/C14H17NO4/c1-7-5-10(6-8(2)12(7)16)13-15-11(9(3)19-13)14(17)18-4/h5-6,9,11,16H,1-4H3. The minimum absolute atomic E-state index is 0.264. The summed E-state index contributed by atoms with van der Waals surface area (Å²) in [6, 6.07) is 2.94. The summed E-state index contributed by atoms with van der Waals surface area (Å²) < 4.78 is 10.3. The topological polar surface area (TPSA) is 68.1 Å². The molecule has 1 aromatic rings. The number of hydrogen-bond acceptors (Lipinski definition) is 5. The van der Waals surface area contributed by atoms with E-state index in [0.717, 1.165) is 16.7 Å². The van der Waals surface area contributed by atoms with Gasteiger partial charge in [-0.25, -0.2) is 9.79 Å². The molecule has 0 fully saturated rings. The third-order valence-electron chi connectivity index (χ3n) is 3.18. The molecule has 1 heterocycles. The van der Waals surface area contributed by atoms with E-state index in [-0.39, 0.29) is 11.9 Å². The van der Waals surface area contributed by atoms with Crippen LogP contribution in [0.2, 0.25) is 0 Å². The summed E-state index contributed by atoms with van der Waals surface area (Å²) in [5.41, 5.74) is 2.25. The molecule has 5 nitrogen and oxygen atoms in total.